The number of carbonyl (C=O) groups is 1. The van der Waals surface area contributed by atoms with E-state index in [0.29, 0.717) is 6.61 Å². The first-order chi connectivity index (χ1) is 7.63. The van der Waals surface area contributed by atoms with Crippen molar-refractivity contribution < 1.29 is 9.53 Å². The normalized spacial score (nSPS) is 9.19. The van der Waals surface area contributed by atoms with Crippen molar-refractivity contribution in [3.8, 4) is 11.8 Å². The van der Waals surface area contributed by atoms with Crippen LogP contribution in [0.15, 0.2) is 18.2 Å². The smallest absolute Gasteiger partial charge is 0.317 e. The molecule has 0 atom stereocenters. The van der Waals surface area contributed by atoms with Crippen LogP contribution in [0.25, 0.3) is 0 Å². The largest absolute Gasteiger partial charge is 0.465 e. The topological polar surface area (TPSA) is 26.3 Å². The average molecular weight is 237 g/mol. The van der Waals surface area contributed by atoms with Crippen molar-refractivity contribution in [1.29, 1.82) is 0 Å². The number of carbonyl (C=O) groups excluding carboxylic acids is 1. The fraction of sp³-hybridized carbons (Fsp3) is 0.308. The van der Waals surface area contributed by atoms with Gasteiger partial charge in [0.25, 0.3) is 0 Å². The molecule has 16 heavy (non-hydrogen) atoms. The molecule has 0 saturated carbocycles. The molecule has 0 saturated heterocycles. The second-order valence-corrected chi connectivity index (χ2v) is 3.65. The summed E-state index contributed by atoms with van der Waals surface area (Å²) in [7, 11) is 0. The maximum atomic E-state index is 11.0. The second-order valence-electron chi connectivity index (χ2n) is 3.25. The van der Waals surface area contributed by atoms with Gasteiger partial charge in [-0.3, -0.25) is 4.79 Å². The number of ether oxygens (including phenoxy) is 1. The Bertz CT molecular complexity index is 441. The van der Waals surface area contributed by atoms with Gasteiger partial charge in [0.05, 0.1) is 6.61 Å². The van der Waals surface area contributed by atoms with Crippen molar-refractivity contribution in [2.45, 2.75) is 20.3 Å². The summed E-state index contributed by atoms with van der Waals surface area (Å²) in [5.41, 5.74) is 1.83. The highest BCUT2D eigenvalue weighted by atomic mass is 35.5. The van der Waals surface area contributed by atoms with E-state index in [1.807, 2.05) is 19.1 Å². The molecule has 0 unspecified atom stereocenters. The summed E-state index contributed by atoms with van der Waals surface area (Å²) >= 11 is 5.88. The molecule has 0 aliphatic carbocycles. The van der Waals surface area contributed by atoms with E-state index in [1.54, 1.807) is 13.0 Å². The van der Waals surface area contributed by atoms with Gasteiger partial charge in [-0.1, -0.05) is 23.4 Å². The van der Waals surface area contributed by atoms with Crippen molar-refractivity contribution in [3.63, 3.8) is 0 Å². The van der Waals surface area contributed by atoms with Gasteiger partial charge in [-0.05, 0) is 37.6 Å². The number of esters is 1. The summed E-state index contributed by atoms with van der Waals surface area (Å²) in [6, 6.07) is 5.51. The molecule has 1 rings (SSSR count). The van der Waals surface area contributed by atoms with Gasteiger partial charge in [0.2, 0.25) is 0 Å². The number of hydrogen-bond acceptors (Lipinski definition) is 2. The van der Waals surface area contributed by atoms with Crippen LogP contribution in [0.1, 0.15) is 24.5 Å². The van der Waals surface area contributed by atoms with Crippen LogP contribution in [0.4, 0.5) is 0 Å². The fourth-order valence-electron chi connectivity index (χ4n) is 1.15. The Kier molecular flexibility index (Phi) is 4.88. The summed E-state index contributed by atoms with van der Waals surface area (Å²) < 4.78 is 4.76. The Labute approximate surface area is 101 Å². The minimum Gasteiger partial charge on any atom is -0.465 e. The number of halogens is 1. The van der Waals surface area contributed by atoms with Crippen LogP contribution in [-0.4, -0.2) is 12.6 Å². The van der Waals surface area contributed by atoms with Crippen LogP contribution in [0.2, 0.25) is 5.02 Å². The van der Waals surface area contributed by atoms with Crippen LogP contribution in [0.5, 0.6) is 0 Å². The molecule has 1 aromatic rings. The Morgan fingerprint density at radius 3 is 2.88 bits per heavy atom. The van der Waals surface area contributed by atoms with E-state index in [-0.39, 0.29) is 12.4 Å². The Hall–Kier alpha value is -1.46. The lowest BCUT2D eigenvalue weighted by atomic mass is 10.1. The molecular formula is C13H13ClO2. The summed E-state index contributed by atoms with van der Waals surface area (Å²) in [6.07, 6.45) is 0.121. The van der Waals surface area contributed by atoms with Crippen LogP contribution in [0.3, 0.4) is 0 Å². The summed E-state index contributed by atoms with van der Waals surface area (Å²) in [6.45, 7) is 4.08. The number of hydrogen-bond donors (Lipinski definition) is 0. The number of aryl methyl sites for hydroxylation is 1. The molecular weight excluding hydrogens is 224 g/mol. The third kappa shape index (κ3) is 3.96. The van der Waals surface area contributed by atoms with Crippen molar-refractivity contribution in [2.24, 2.45) is 0 Å². The van der Waals surface area contributed by atoms with E-state index < -0.39 is 0 Å². The predicted molar refractivity (Wildman–Crippen MR) is 64.3 cm³/mol. The fourth-order valence-corrected chi connectivity index (χ4v) is 1.27. The van der Waals surface area contributed by atoms with Gasteiger partial charge >= 0.3 is 5.97 Å². The van der Waals surface area contributed by atoms with Crippen LogP contribution < -0.4 is 0 Å². The van der Waals surface area contributed by atoms with E-state index in [1.165, 1.54) is 0 Å². The standard InChI is InChI=1S/C13H13ClO2/c1-3-16-13(15)6-4-5-11-7-8-12(14)10(2)9-11/h7-9H,3,6H2,1-2H3. The molecule has 0 aliphatic rings. The molecule has 0 heterocycles. The molecule has 2 nitrogen and oxygen atoms in total. The van der Waals surface area contributed by atoms with Gasteiger partial charge in [-0.2, -0.15) is 0 Å². The van der Waals surface area contributed by atoms with Crippen LogP contribution in [-0.2, 0) is 9.53 Å². The second kappa shape index (κ2) is 6.19. The Balaban J connectivity index is 2.63. The van der Waals surface area contributed by atoms with E-state index >= 15 is 0 Å². The quantitative estimate of drug-likeness (QED) is 0.583. The maximum absolute atomic E-state index is 11.0. The molecule has 3 heteroatoms. The monoisotopic (exact) mass is 236 g/mol. The first-order valence-electron chi connectivity index (χ1n) is 5.04. The van der Waals surface area contributed by atoms with Crippen molar-refractivity contribution >= 4 is 17.6 Å². The molecule has 0 radical (unpaired) electrons. The van der Waals surface area contributed by atoms with Crippen molar-refractivity contribution in [1.82, 2.24) is 0 Å². The lowest BCUT2D eigenvalue weighted by molar-refractivity contribution is -0.141. The maximum Gasteiger partial charge on any atom is 0.317 e. The van der Waals surface area contributed by atoms with Gasteiger partial charge < -0.3 is 4.74 Å². The zero-order valence-corrected chi connectivity index (χ0v) is 10.1. The van der Waals surface area contributed by atoms with E-state index in [2.05, 4.69) is 11.8 Å². The zero-order valence-electron chi connectivity index (χ0n) is 9.34. The molecule has 0 bridgehead atoms. The van der Waals surface area contributed by atoms with Gasteiger partial charge in [-0.15, -0.1) is 0 Å². The summed E-state index contributed by atoms with van der Waals surface area (Å²) in [5, 5.41) is 0.718. The first kappa shape index (κ1) is 12.6. The highest BCUT2D eigenvalue weighted by molar-refractivity contribution is 6.31. The van der Waals surface area contributed by atoms with Crippen molar-refractivity contribution in [2.75, 3.05) is 6.61 Å². The lowest BCUT2D eigenvalue weighted by Crippen LogP contribution is -2.01. The Morgan fingerprint density at radius 1 is 1.50 bits per heavy atom. The molecule has 0 spiro atoms. The van der Waals surface area contributed by atoms with Gasteiger partial charge in [0.15, 0.2) is 0 Å². The first-order valence-corrected chi connectivity index (χ1v) is 5.42. The molecule has 1 aromatic carbocycles. The molecule has 84 valence electrons. The highest BCUT2D eigenvalue weighted by Gasteiger charge is 1.97. The highest BCUT2D eigenvalue weighted by Crippen LogP contribution is 2.15. The lowest BCUT2D eigenvalue weighted by Gasteiger charge is -1.97. The Morgan fingerprint density at radius 2 is 2.25 bits per heavy atom. The molecule has 0 amide bonds. The summed E-state index contributed by atoms with van der Waals surface area (Å²) in [4.78, 5) is 11.0. The SMILES string of the molecule is CCOC(=O)CC#Cc1ccc(Cl)c(C)c1. The van der Waals surface area contributed by atoms with E-state index in [0.717, 1.165) is 16.1 Å². The summed E-state index contributed by atoms with van der Waals surface area (Å²) in [5.74, 6) is 5.37. The van der Waals surface area contributed by atoms with Gasteiger partial charge in [-0.25, -0.2) is 0 Å². The third-order valence-electron chi connectivity index (χ3n) is 1.93. The minimum atomic E-state index is -0.291. The molecule has 0 fully saturated rings. The zero-order chi connectivity index (χ0) is 12.0. The molecule has 0 aliphatic heterocycles. The minimum absolute atomic E-state index is 0.121. The predicted octanol–water partition coefficient (Wildman–Crippen LogP) is 2.95. The van der Waals surface area contributed by atoms with Crippen LogP contribution >= 0.6 is 11.6 Å². The van der Waals surface area contributed by atoms with E-state index in [4.69, 9.17) is 16.3 Å². The molecule has 0 aromatic heterocycles. The van der Waals surface area contributed by atoms with Crippen LogP contribution in [0, 0.1) is 18.8 Å². The van der Waals surface area contributed by atoms with Crippen molar-refractivity contribution in [3.05, 3.63) is 34.3 Å². The molecule has 0 N–H and O–H groups in total. The average Bonchev–Trinajstić information content (AvgIpc) is 2.24. The van der Waals surface area contributed by atoms with Gasteiger partial charge in [0.1, 0.15) is 6.42 Å². The number of benzene rings is 1. The van der Waals surface area contributed by atoms with E-state index in [9.17, 15) is 4.79 Å². The van der Waals surface area contributed by atoms with Gasteiger partial charge in [0, 0.05) is 10.6 Å². The third-order valence-corrected chi connectivity index (χ3v) is 2.35. The number of rotatable bonds is 2.